The minimum absolute atomic E-state index is 0.191. The van der Waals surface area contributed by atoms with Crippen molar-refractivity contribution in [3.05, 3.63) is 66.0 Å². The lowest BCUT2D eigenvalue weighted by Gasteiger charge is -2.10. The van der Waals surface area contributed by atoms with E-state index < -0.39 is 5.91 Å². The van der Waals surface area contributed by atoms with Gasteiger partial charge in [-0.15, -0.1) is 0 Å². The molecule has 1 amide bonds. The fourth-order valence-electron chi connectivity index (χ4n) is 3.19. The molecule has 0 unspecified atom stereocenters. The number of pyridine rings is 1. The fourth-order valence-corrected chi connectivity index (χ4v) is 3.19. The van der Waals surface area contributed by atoms with E-state index in [0.717, 1.165) is 28.1 Å². The van der Waals surface area contributed by atoms with Gasteiger partial charge in [0.25, 0.3) is 5.91 Å². The molecule has 0 aliphatic rings. The number of primary amides is 1. The molecule has 7 heteroatoms. The topological polar surface area (TPSA) is 89.1 Å². The van der Waals surface area contributed by atoms with E-state index in [1.807, 2.05) is 18.3 Å². The van der Waals surface area contributed by atoms with Crippen LogP contribution in [0.15, 0.2) is 48.8 Å². The maximum Gasteiger partial charge on any atom is 0.267 e. The van der Waals surface area contributed by atoms with Crippen molar-refractivity contribution in [1.29, 1.82) is 0 Å². The second-order valence-electron chi connectivity index (χ2n) is 6.68. The third-order valence-corrected chi connectivity index (χ3v) is 4.54. The number of amides is 1. The standard InChI is InChI=1S/C20H18FN5O/c1-11(2)18-17(19(25-24-18)12-3-6-14(21)7-4-12)13-5-8-16-23-9-15(20(22)27)26(16)10-13/h3-11H,1-2H3,(H2,22,27)(H,24,25). The number of carbonyl (C=O) groups excluding carboxylic acids is 1. The number of H-pyrrole nitrogens is 1. The molecule has 0 saturated carbocycles. The van der Waals surface area contributed by atoms with Gasteiger partial charge in [0, 0.05) is 28.6 Å². The Morgan fingerprint density at radius 3 is 2.52 bits per heavy atom. The third-order valence-electron chi connectivity index (χ3n) is 4.54. The van der Waals surface area contributed by atoms with Crippen LogP contribution < -0.4 is 5.73 Å². The molecule has 6 nitrogen and oxygen atoms in total. The summed E-state index contributed by atoms with van der Waals surface area (Å²) in [6, 6.07) is 9.97. The molecule has 0 aliphatic carbocycles. The number of rotatable bonds is 4. The predicted octanol–water partition coefficient (Wildman–Crippen LogP) is 3.75. The summed E-state index contributed by atoms with van der Waals surface area (Å²) in [6.45, 7) is 4.13. The van der Waals surface area contributed by atoms with Crippen LogP contribution in [0, 0.1) is 5.82 Å². The molecule has 136 valence electrons. The molecule has 4 rings (SSSR count). The first-order valence-electron chi connectivity index (χ1n) is 8.57. The number of nitrogens with two attached hydrogens (primary N) is 1. The molecule has 0 bridgehead atoms. The van der Waals surface area contributed by atoms with Gasteiger partial charge in [-0.3, -0.25) is 14.3 Å². The van der Waals surface area contributed by atoms with E-state index in [0.29, 0.717) is 11.3 Å². The molecule has 0 aliphatic heterocycles. The highest BCUT2D eigenvalue weighted by molar-refractivity contribution is 5.92. The Balaban J connectivity index is 1.96. The fraction of sp³-hybridized carbons (Fsp3) is 0.150. The van der Waals surface area contributed by atoms with E-state index in [2.05, 4.69) is 29.0 Å². The smallest absolute Gasteiger partial charge is 0.267 e. The number of imidazole rings is 1. The molecule has 0 spiro atoms. The number of benzene rings is 1. The van der Waals surface area contributed by atoms with Crippen LogP contribution in [0.5, 0.6) is 0 Å². The molecule has 3 aromatic heterocycles. The first kappa shape index (κ1) is 17.0. The van der Waals surface area contributed by atoms with Gasteiger partial charge in [-0.25, -0.2) is 9.37 Å². The summed E-state index contributed by atoms with van der Waals surface area (Å²) in [5, 5.41) is 7.58. The Bertz CT molecular complexity index is 1140. The Kier molecular flexibility index (Phi) is 3.99. The lowest BCUT2D eigenvalue weighted by Crippen LogP contribution is -2.13. The summed E-state index contributed by atoms with van der Waals surface area (Å²) < 4.78 is 15.0. The zero-order valence-electron chi connectivity index (χ0n) is 14.9. The zero-order chi connectivity index (χ0) is 19.1. The van der Waals surface area contributed by atoms with E-state index in [9.17, 15) is 9.18 Å². The number of fused-ring (bicyclic) bond motifs is 1. The Morgan fingerprint density at radius 2 is 1.85 bits per heavy atom. The molecule has 1 aromatic carbocycles. The number of nitrogens with zero attached hydrogens (tertiary/aromatic N) is 3. The summed E-state index contributed by atoms with van der Waals surface area (Å²) in [4.78, 5) is 15.9. The van der Waals surface area contributed by atoms with Gasteiger partial charge in [-0.2, -0.15) is 5.10 Å². The second-order valence-corrected chi connectivity index (χ2v) is 6.68. The molecule has 0 saturated heterocycles. The largest absolute Gasteiger partial charge is 0.364 e. The lowest BCUT2D eigenvalue weighted by atomic mass is 9.95. The van der Waals surface area contributed by atoms with E-state index in [1.165, 1.54) is 18.3 Å². The van der Waals surface area contributed by atoms with E-state index in [1.54, 1.807) is 16.5 Å². The quantitative estimate of drug-likeness (QED) is 0.579. The maximum atomic E-state index is 13.3. The van der Waals surface area contributed by atoms with Gasteiger partial charge in [-0.05, 0) is 42.3 Å². The van der Waals surface area contributed by atoms with Crippen LogP contribution >= 0.6 is 0 Å². The summed E-state index contributed by atoms with van der Waals surface area (Å²) in [5.41, 5.74) is 10.6. The summed E-state index contributed by atoms with van der Waals surface area (Å²) >= 11 is 0. The Morgan fingerprint density at radius 1 is 1.15 bits per heavy atom. The Hall–Kier alpha value is -3.48. The zero-order valence-corrected chi connectivity index (χ0v) is 14.9. The van der Waals surface area contributed by atoms with Crippen molar-refractivity contribution >= 4 is 11.6 Å². The number of aromatic nitrogens is 4. The highest BCUT2D eigenvalue weighted by atomic mass is 19.1. The van der Waals surface area contributed by atoms with Crippen LogP contribution in [-0.4, -0.2) is 25.5 Å². The van der Waals surface area contributed by atoms with Crippen molar-refractivity contribution in [3.8, 4) is 22.4 Å². The molecular weight excluding hydrogens is 345 g/mol. The Labute approximate surface area is 154 Å². The van der Waals surface area contributed by atoms with Crippen LogP contribution in [0.4, 0.5) is 4.39 Å². The number of carbonyl (C=O) groups is 1. The van der Waals surface area contributed by atoms with Gasteiger partial charge in [0.1, 0.15) is 22.9 Å². The monoisotopic (exact) mass is 363 g/mol. The van der Waals surface area contributed by atoms with E-state index in [4.69, 9.17) is 5.73 Å². The normalized spacial score (nSPS) is 11.4. The van der Waals surface area contributed by atoms with Crippen molar-refractivity contribution in [2.45, 2.75) is 19.8 Å². The van der Waals surface area contributed by atoms with Crippen LogP contribution in [0.1, 0.15) is 35.9 Å². The molecule has 3 N–H and O–H groups in total. The maximum absolute atomic E-state index is 13.3. The average molecular weight is 363 g/mol. The average Bonchev–Trinajstić information content (AvgIpc) is 3.26. The number of hydrogen-bond acceptors (Lipinski definition) is 3. The van der Waals surface area contributed by atoms with Gasteiger partial charge in [0.05, 0.1) is 6.20 Å². The molecule has 0 atom stereocenters. The minimum atomic E-state index is -0.547. The summed E-state index contributed by atoms with van der Waals surface area (Å²) in [5.74, 6) is -0.656. The first-order chi connectivity index (χ1) is 13.0. The van der Waals surface area contributed by atoms with Crippen molar-refractivity contribution in [3.63, 3.8) is 0 Å². The van der Waals surface area contributed by atoms with E-state index in [-0.39, 0.29) is 11.7 Å². The van der Waals surface area contributed by atoms with Crippen molar-refractivity contribution in [2.75, 3.05) is 0 Å². The van der Waals surface area contributed by atoms with Crippen LogP contribution in [0.25, 0.3) is 28.0 Å². The van der Waals surface area contributed by atoms with Gasteiger partial charge in [0.2, 0.25) is 0 Å². The van der Waals surface area contributed by atoms with Gasteiger partial charge < -0.3 is 5.73 Å². The number of aromatic amines is 1. The molecule has 27 heavy (non-hydrogen) atoms. The van der Waals surface area contributed by atoms with Crippen molar-refractivity contribution in [1.82, 2.24) is 19.6 Å². The van der Waals surface area contributed by atoms with Gasteiger partial charge >= 0.3 is 0 Å². The number of hydrogen-bond donors (Lipinski definition) is 2. The SMILES string of the molecule is CC(C)c1[nH]nc(-c2ccc(F)cc2)c1-c1ccc2ncc(C(N)=O)n2c1. The summed E-state index contributed by atoms with van der Waals surface area (Å²) in [6.07, 6.45) is 3.28. The highest BCUT2D eigenvalue weighted by Gasteiger charge is 2.20. The number of halogens is 1. The minimum Gasteiger partial charge on any atom is -0.364 e. The predicted molar refractivity (Wildman–Crippen MR) is 101 cm³/mol. The van der Waals surface area contributed by atoms with Gasteiger partial charge in [0.15, 0.2) is 0 Å². The molecular formula is C20H18FN5O. The molecule has 3 heterocycles. The van der Waals surface area contributed by atoms with Gasteiger partial charge in [-0.1, -0.05) is 13.8 Å². The molecule has 0 fully saturated rings. The lowest BCUT2D eigenvalue weighted by molar-refractivity contribution is 0.0995. The third kappa shape index (κ3) is 2.87. The molecule has 4 aromatic rings. The van der Waals surface area contributed by atoms with Crippen LogP contribution in [0.2, 0.25) is 0 Å². The van der Waals surface area contributed by atoms with Crippen LogP contribution in [-0.2, 0) is 0 Å². The van der Waals surface area contributed by atoms with E-state index >= 15 is 0 Å². The van der Waals surface area contributed by atoms with Crippen molar-refractivity contribution in [2.24, 2.45) is 5.73 Å². The second kappa shape index (κ2) is 6.35. The van der Waals surface area contributed by atoms with Crippen molar-refractivity contribution < 1.29 is 9.18 Å². The summed E-state index contributed by atoms with van der Waals surface area (Å²) in [7, 11) is 0. The molecule has 0 radical (unpaired) electrons. The van der Waals surface area contributed by atoms with Crippen LogP contribution in [0.3, 0.4) is 0 Å². The highest BCUT2D eigenvalue weighted by Crippen LogP contribution is 2.36. The first-order valence-corrected chi connectivity index (χ1v) is 8.57. The number of nitrogens with one attached hydrogen (secondary N) is 1.